The van der Waals surface area contributed by atoms with Gasteiger partial charge in [-0.3, -0.25) is 0 Å². The summed E-state index contributed by atoms with van der Waals surface area (Å²) in [6.07, 6.45) is 96.8. The van der Waals surface area contributed by atoms with E-state index >= 15 is 0 Å². The average Bonchev–Trinajstić information content (AvgIpc) is 2.02. The number of rotatable bonds is 31. The van der Waals surface area contributed by atoms with Crippen LogP contribution >= 0.6 is 0 Å². The Kier molecular flexibility index (Phi) is 34.6. The molecule has 0 heterocycles. The molecule has 8 fully saturated rings. The summed E-state index contributed by atoms with van der Waals surface area (Å²) in [4.78, 5) is 0. The smallest absolute Gasteiger partial charge is 0.0700 e. The average molecular weight is 1290 g/mol. The van der Waals surface area contributed by atoms with E-state index < -0.39 is 0 Å². The largest absolute Gasteiger partial charge is 0.384 e. The first-order valence-corrected chi connectivity index (χ1v) is 42.3. The summed E-state index contributed by atoms with van der Waals surface area (Å²) >= 11 is 0. The van der Waals surface area contributed by atoms with Gasteiger partial charge in [0.15, 0.2) is 0 Å². The third kappa shape index (κ3) is 25.1. The number of fused-ring (bicyclic) bond motifs is 16. The Balaban J connectivity index is 0.000000128. The van der Waals surface area contributed by atoms with E-state index in [2.05, 4.69) is 139 Å². The van der Waals surface area contributed by atoms with Crippen molar-refractivity contribution < 1.29 is 14.2 Å². The van der Waals surface area contributed by atoms with Gasteiger partial charge in [0.2, 0.25) is 0 Å². The molecular weight excluding hydrogens is 1140 g/mol. The normalized spacial score (nSPS) is 37.7. The summed E-state index contributed by atoms with van der Waals surface area (Å²) < 4.78 is 16.2. The van der Waals surface area contributed by atoms with Crippen LogP contribution < -0.4 is 0 Å². The lowest BCUT2D eigenvalue weighted by atomic mass is 9.88. The maximum atomic E-state index is 5.66. The minimum Gasteiger partial charge on any atom is -0.384 e. The van der Waals surface area contributed by atoms with E-state index in [1.807, 2.05) is 0 Å². The lowest BCUT2D eigenvalue weighted by molar-refractivity contribution is 0.0299. The SMILES string of the molecule is C1=CC2CCC1C2.CC1CC2C=CC1C2.CCC1CC2C=CC1C2.CCCCCCC1CC2C=CC1C2.CCCCCCCCC1CC2C=CC1C2.CCCCCCCCCCC1CC2C=CC1C2.CCCOCCOCC1CC2C=CC1C2.COCC1CC2C=CC1C2. The van der Waals surface area contributed by atoms with Gasteiger partial charge in [-0.15, -0.1) is 0 Å². The van der Waals surface area contributed by atoms with Gasteiger partial charge >= 0.3 is 0 Å². The summed E-state index contributed by atoms with van der Waals surface area (Å²) in [5.74, 6) is 22.0. The van der Waals surface area contributed by atoms with Crippen molar-refractivity contribution in [1.29, 1.82) is 0 Å². The summed E-state index contributed by atoms with van der Waals surface area (Å²) in [6.45, 7) is 18.0. The van der Waals surface area contributed by atoms with Gasteiger partial charge in [0, 0.05) is 20.3 Å². The van der Waals surface area contributed by atoms with Crippen molar-refractivity contribution in [3.8, 4) is 0 Å². The van der Waals surface area contributed by atoms with Crippen molar-refractivity contribution in [2.45, 2.75) is 298 Å². The van der Waals surface area contributed by atoms with Crippen LogP contribution in [0.1, 0.15) is 298 Å². The van der Waals surface area contributed by atoms with E-state index in [9.17, 15) is 0 Å². The number of hydrogen-bond donors (Lipinski definition) is 0. The second-order valence-corrected chi connectivity index (χ2v) is 34.4. The third-order valence-corrected chi connectivity index (χ3v) is 27.0. The highest BCUT2D eigenvalue weighted by Gasteiger charge is 2.40. The quantitative estimate of drug-likeness (QED) is 0.0511. The van der Waals surface area contributed by atoms with Crippen LogP contribution in [0, 0.1) is 136 Å². The number of allylic oxidation sites excluding steroid dienone is 16. The van der Waals surface area contributed by atoms with E-state index in [-0.39, 0.29) is 0 Å². The molecule has 0 amide bonds. The molecule has 0 N–H and O–H groups in total. The molecule has 23 atom stereocenters. The zero-order chi connectivity index (χ0) is 65.5. The van der Waals surface area contributed by atoms with Crippen molar-refractivity contribution in [2.24, 2.45) is 136 Å². The zero-order valence-corrected chi connectivity index (χ0v) is 62.6. The summed E-state index contributed by atoms with van der Waals surface area (Å²) in [7, 11) is 1.80. The molecule has 0 spiro atoms. The van der Waals surface area contributed by atoms with Crippen LogP contribution in [-0.2, 0) is 14.2 Å². The second-order valence-electron chi connectivity index (χ2n) is 34.4. The van der Waals surface area contributed by atoms with Crippen LogP contribution in [0.3, 0.4) is 0 Å². The Hall–Kier alpha value is -2.20. The molecule has 0 aliphatic heterocycles. The number of hydrogen-bond acceptors (Lipinski definition) is 3. The lowest BCUT2D eigenvalue weighted by Gasteiger charge is -2.17. The van der Waals surface area contributed by atoms with Gasteiger partial charge in [0.25, 0.3) is 0 Å². The van der Waals surface area contributed by atoms with Gasteiger partial charge in [0.05, 0.1) is 19.8 Å². The number of unbranched alkanes of at least 4 members (excludes halogenated alkanes) is 15. The first kappa shape index (κ1) is 76.0. The van der Waals surface area contributed by atoms with Gasteiger partial charge < -0.3 is 14.2 Å². The molecule has 0 saturated heterocycles. The Morgan fingerprint density at radius 2 is 0.564 bits per heavy atom. The molecule has 3 heteroatoms. The highest BCUT2D eigenvalue weighted by molar-refractivity contribution is 5.15. The molecule has 94 heavy (non-hydrogen) atoms. The molecule has 16 aliphatic rings. The minimum absolute atomic E-state index is 0.754. The van der Waals surface area contributed by atoms with E-state index in [0.29, 0.717) is 0 Å². The fourth-order valence-corrected chi connectivity index (χ4v) is 21.4. The first-order chi connectivity index (χ1) is 46.2. The fourth-order valence-electron chi connectivity index (χ4n) is 21.4. The monoisotopic (exact) mass is 1290 g/mol. The maximum absolute atomic E-state index is 5.66. The molecule has 0 radical (unpaired) electrons. The summed E-state index contributed by atoms with van der Waals surface area (Å²) in [5.41, 5.74) is 0. The predicted molar refractivity (Wildman–Crippen MR) is 406 cm³/mol. The van der Waals surface area contributed by atoms with Crippen LogP contribution in [0.4, 0.5) is 0 Å². The van der Waals surface area contributed by atoms with E-state index in [4.69, 9.17) is 14.2 Å². The van der Waals surface area contributed by atoms with Crippen LogP contribution in [-0.4, -0.2) is 40.1 Å². The standard InChI is InChI=1S/C17H30.C15H26.C13H22O2.C13H22.C9H14O.C9H14.C8H12.C7H10/c1-2-3-4-5-6-7-8-9-10-16-13-15-11-12-17(16)14-15;1-2-3-4-5-6-7-8-14-11-13-9-10-15(14)12-13;1-2-5-14-6-7-15-10-13-9-11-3-4-12(13)8-11;1-2-3-4-5-6-12-9-11-7-8-13(12)10-11;1-10-6-9-5-7-2-3-8(9)4-7;1-2-8-5-7-3-4-9(8)6-7;1-6-4-7-2-3-8(6)5-7;1-2-7-4-3-6(1)5-7/h11-12,15-17H,2-10,13-14H2,1H3;9-10,13-15H,2-8,11-12H2,1H3;3-4,11-13H,2,5-10H2,1H3;7-8,11-13H,2-6,9-10H2,1H3;2-3,7-9H,4-6H2,1H3;3-4,7-9H,2,5-6H2,1H3;2-3,6-8H,4-5H2,1H3;1-2,6-7H,3-5H2. The highest BCUT2D eigenvalue weighted by atomic mass is 16.5. The molecule has 0 aromatic carbocycles. The van der Waals surface area contributed by atoms with Crippen molar-refractivity contribution >= 4 is 0 Å². The molecule has 3 nitrogen and oxygen atoms in total. The summed E-state index contributed by atoms with van der Waals surface area (Å²) in [6, 6.07) is 0. The fraction of sp³-hybridized carbons (Fsp3) is 0.824. The van der Waals surface area contributed by atoms with Gasteiger partial charge in [-0.05, 0) is 271 Å². The minimum atomic E-state index is 0.754. The molecular formula is C91H150O3. The van der Waals surface area contributed by atoms with E-state index in [1.54, 1.807) is 7.11 Å². The molecule has 16 rings (SSSR count). The number of methoxy groups -OCH3 is 1. The Morgan fingerprint density at radius 1 is 0.255 bits per heavy atom. The molecule has 0 aromatic heterocycles. The summed E-state index contributed by atoms with van der Waals surface area (Å²) in [5, 5.41) is 0. The molecule has 532 valence electrons. The predicted octanol–water partition coefficient (Wildman–Crippen LogP) is 26.1. The molecule has 8 saturated carbocycles. The molecule has 0 aromatic rings. The van der Waals surface area contributed by atoms with E-state index in [0.717, 1.165) is 176 Å². The van der Waals surface area contributed by atoms with Crippen LogP contribution in [0.25, 0.3) is 0 Å². The van der Waals surface area contributed by atoms with Crippen molar-refractivity contribution in [3.63, 3.8) is 0 Å². The zero-order valence-electron chi connectivity index (χ0n) is 62.6. The second kappa shape index (κ2) is 42.8. The molecule has 16 aliphatic carbocycles. The van der Waals surface area contributed by atoms with Crippen LogP contribution in [0.2, 0.25) is 0 Å². The van der Waals surface area contributed by atoms with Crippen molar-refractivity contribution in [3.05, 3.63) is 97.2 Å². The van der Waals surface area contributed by atoms with Crippen molar-refractivity contribution in [1.82, 2.24) is 0 Å². The van der Waals surface area contributed by atoms with Gasteiger partial charge in [-0.25, -0.2) is 0 Å². The first-order valence-electron chi connectivity index (χ1n) is 42.3. The molecule has 23 unspecified atom stereocenters. The van der Waals surface area contributed by atoms with Gasteiger partial charge in [-0.1, -0.05) is 261 Å². The topological polar surface area (TPSA) is 27.7 Å². The maximum Gasteiger partial charge on any atom is 0.0700 e. The van der Waals surface area contributed by atoms with Crippen LogP contribution in [0.15, 0.2) is 97.2 Å². The molecule has 16 bridgehead atoms. The van der Waals surface area contributed by atoms with Gasteiger partial charge in [-0.2, -0.15) is 0 Å². The van der Waals surface area contributed by atoms with E-state index in [1.165, 1.54) is 250 Å². The lowest BCUT2D eigenvalue weighted by Crippen LogP contribution is -2.16. The number of ether oxygens (including phenoxy) is 3. The van der Waals surface area contributed by atoms with Crippen molar-refractivity contribution in [2.75, 3.05) is 40.1 Å². The third-order valence-electron chi connectivity index (χ3n) is 27.0. The Labute approximate surface area is 582 Å². The Bertz CT molecular complexity index is 2220. The van der Waals surface area contributed by atoms with Gasteiger partial charge in [0.1, 0.15) is 0 Å². The van der Waals surface area contributed by atoms with Crippen LogP contribution in [0.5, 0.6) is 0 Å². The highest BCUT2D eigenvalue weighted by Crippen LogP contribution is 2.50. The Morgan fingerprint density at radius 3 is 0.819 bits per heavy atom.